The Kier molecular flexibility index (Phi) is 3.44. The molecule has 0 rings (SSSR count). The summed E-state index contributed by atoms with van der Waals surface area (Å²) in [6, 6.07) is 1.42. The van der Waals surface area contributed by atoms with Gasteiger partial charge in [-0.3, -0.25) is 0 Å². The maximum atomic E-state index is 2.41. The highest BCUT2D eigenvalue weighted by molar-refractivity contribution is 6.76. The van der Waals surface area contributed by atoms with Gasteiger partial charge >= 0.3 is 0 Å². The van der Waals surface area contributed by atoms with Crippen LogP contribution in [0.4, 0.5) is 0 Å². The van der Waals surface area contributed by atoms with Gasteiger partial charge in [0.25, 0.3) is 0 Å². The molecule has 0 saturated heterocycles. The summed E-state index contributed by atoms with van der Waals surface area (Å²) in [7, 11) is 3.52. The predicted molar refractivity (Wildman–Crippen MR) is 46.7 cm³/mol. The molecule has 0 aliphatic carbocycles. The molecule has 9 heavy (non-hydrogen) atoms. The fourth-order valence-corrected chi connectivity index (χ4v) is 1.68. The zero-order valence-electron chi connectivity index (χ0n) is 7.36. The van der Waals surface area contributed by atoms with Crippen LogP contribution >= 0.6 is 0 Å². The second-order valence-corrected chi connectivity index (χ2v) is 9.74. The fourth-order valence-electron chi connectivity index (χ4n) is 0.559. The van der Waals surface area contributed by atoms with Crippen LogP contribution in [0.1, 0.15) is 0 Å². The summed E-state index contributed by atoms with van der Waals surface area (Å²) in [5.41, 5.74) is 0. The van der Waals surface area contributed by atoms with Gasteiger partial charge in [-0.15, -0.1) is 0 Å². The molecule has 0 aliphatic rings. The van der Waals surface area contributed by atoms with Crippen molar-refractivity contribution in [1.29, 1.82) is 0 Å². The average molecular weight is 145 g/mol. The quantitative estimate of drug-likeness (QED) is 0.548. The van der Waals surface area contributed by atoms with E-state index in [1.807, 2.05) is 0 Å². The largest absolute Gasteiger partial charge is 0.310 e. The lowest BCUT2D eigenvalue weighted by Gasteiger charge is -2.18. The van der Waals surface area contributed by atoms with Crippen molar-refractivity contribution < 1.29 is 0 Å². The van der Waals surface area contributed by atoms with E-state index in [0.29, 0.717) is 0 Å². The molecule has 0 atom stereocenters. The first-order valence-electron chi connectivity index (χ1n) is 3.56. The molecular weight excluding hydrogens is 126 g/mol. The summed E-state index contributed by atoms with van der Waals surface area (Å²) in [5, 5.41) is 0. The summed E-state index contributed by atoms with van der Waals surface area (Å²) >= 11 is 0. The van der Waals surface area contributed by atoms with Crippen LogP contribution in [0.2, 0.25) is 25.7 Å². The molecule has 0 aliphatic heterocycles. The van der Waals surface area contributed by atoms with Gasteiger partial charge in [-0.1, -0.05) is 19.6 Å². The van der Waals surface area contributed by atoms with Crippen molar-refractivity contribution in [2.75, 3.05) is 20.6 Å². The smallest absolute Gasteiger partial charge is 0.0455 e. The molecule has 0 fully saturated rings. The Balaban J connectivity index is 3.28. The lowest BCUT2D eigenvalue weighted by molar-refractivity contribution is 0.431. The van der Waals surface area contributed by atoms with Crippen molar-refractivity contribution >= 4 is 8.07 Å². The number of nitrogens with zero attached hydrogens (tertiary/aromatic N) is 1. The van der Waals surface area contributed by atoms with Gasteiger partial charge in [0, 0.05) is 8.07 Å². The minimum Gasteiger partial charge on any atom is -0.310 e. The summed E-state index contributed by atoms with van der Waals surface area (Å²) in [4.78, 5) is 2.26. The van der Waals surface area contributed by atoms with E-state index in [0.717, 1.165) is 0 Å². The molecule has 0 spiro atoms. The molecule has 0 aromatic rings. The third-order valence-corrected chi connectivity index (χ3v) is 3.03. The van der Waals surface area contributed by atoms with Crippen LogP contribution in [-0.2, 0) is 0 Å². The van der Waals surface area contributed by atoms with Crippen LogP contribution in [0, 0.1) is 0 Å². The van der Waals surface area contributed by atoms with Crippen molar-refractivity contribution in [2.45, 2.75) is 25.7 Å². The van der Waals surface area contributed by atoms with Crippen LogP contribution in [-0.4, -0.2) is 33.6 Å². The Labute approximate surface area is 60.1 Å². The Morgan fingerprint density at radius 1 is 1.11 bits per heavy atom. The first kappa shape index (κ1) is 9.18. The van der Waals surface area contributed by atoms with Gasteiger partial charge in [0.15, 0.2) is 0 Å². The van der Waals surface area contributed by atoms with E-state index < -0.39 is 8.07 Å². The Bertz CT molecular complexity index is 73.5. The zero-order valence-corrected chi connectivity index (χ0v) is 8.36. The van der Waals surface area contributed by atoms with E-state index in [4.69, 9.17) is 0 Å². The van der Waals surface area contributed by atoms with Gasteiger partial charge in [0.05, 0.1) is 0 Å². The normalized spacial score (nSPS) is 12.7. The van der Waals surface area contributed by atoms with Crippen molar-refractivity contribution in [3.8, 4) is 0 Å². The minimum absolute atomic E-state index is 0.762. The van der Waals surface area contributed by atoms with Crippen LogP contribution in [0.3, 0.4) is 0 Å². The average Bonchev–Trinajstić information content (AvgIpc) is 1.59. The Morgan fingerprint density at radius 2 is 1.56 bits per heavy atom. The van der Waals surface area contributed by atoms with E-state index in [2.05, 4.69) is 38.6 Å². The molecule has 56 valence electrons. The van der Waals surface area contributed by atoms with Gasteiger partial charge in [0.1, 0.15) is 0 Å². The Hall–Kier alpha value is 0.177. The molecule has 0 amide bonds. The highest BCUT2D eigenvalue weighted by Gasteiger charge is 2.11. The molecule has 0 radical (unpaired) electrons. The van der Waals surface area contributed by atoms with E-state index in [-0.39, 0.29) is 0 Å². The highest BCUT2D eigenvalue weighted by atomic mass is 28.3. The summed E-state index contributed by atoms with van der Waals surface area (Å²) in [5.74, 6) is 0. The number of hydrogen-bond donors (Lipinski definition) is 0. The zero-order chi connectivity index (χ0) is 7.49. The predicted octanol–water partition coefficient (Wildman–Crippen LogP) is 1.89. The minimum atomic E-state index is -0.762. The van der Waals surface area contributed by atoms with E-state index >= 15 is 0 Å². The monoisotopic (exact) mass is 145 g/mol. The maximum absolute atomic E-state index is 2.41. The van der Waals surface area contributed by atoms with Gasteiger partial charge in [-0.05, 0) is 26.7 Å². The van der Waals surface area contributed by atoms with Gasteiger partial charge < -0.3 is 4.90 Å². The molecule has 0 aromatic carbocycles. The Morgan fingerprint density at radius 3 is 1.67 bits per heavy atom. The molecule has 0 N–H and O–H groups in total. The van der Waals surface area contributed by atoms with E-state index in [1.165, 1.54) is 12.6 Å². The third-order valence-electron chi connectivity index (χ3n) is 1.31. The molecule has 2 heteroatoms. The van der Waals surface area contributed by atoms with Crippen LogP contribution < -0.4 is 0 Å². The van der Waals surface area contributed by atoms with Gasteiger partial charge in [-0.2, -0.15) is 0 Å². The number of hydrogen-bond acceptors (Lipinski definition) is 1. The molecule has 0 bridgehead atoms. The van der Waals surface area contributed by atoms with Crippen molar-refractivity contribution in [3.05, 3.63) is 0 Å². The van der Waals surface area contributed by atoms with Gasteiger partial charge in [0.2, 0.25) is 0 Å². The summed E-state index contributed by atoms with van der Waals surface area (Å²) < 4.78 is 0. The molecule has 0 aromatic heterocycles. The van der Waals surface area contributed by atoms with Crippen LogP contribution in [0.5, 0.6) is 0 Å². The lowest BCUT2D eigenvalue weighted by Crippen LogP contribution is -2.26. The van der Waals surface area contributed by atoms with Crippen molar-refractivity contribution in [1.82, 2.24) is 4.90 Å². The van der Waals surface area contributed by atoms with Crippen molar-refractivity contribution in [2.24, 2.45) is 0 Å². The maximum Gasteiger partial charge on any atom is 0.0455 e. The lowest BCUT2D eigenvalue weighted by atomic mass is 10.7. The SMILES string of the molecule is CN(C)CC[Si](C)(C)C. The van der Waals surface area contributed by atoms with Crippen LogP contribution in [0.25, 0.3) is 0 Å². The molecule has 0 heterocycles. The number of rotatable bonds is 3. The van der Waals surface area contributed by atoms with Crippen molar-refractivity contribution in [3.63, 3.8) is 0 Å². The molecule has 0 saturated carbocycles. The van der Waals surface area contributed by atoms with E-state index in [9.17, 15) is 0 Å². The molecule has 1 nitrogen and oxygen atoms in total. The first-order chi connectivity index (χ1) is 3.92. The second kappa shape index (κ2) is 3.37. The fraction of sp³-hybridized carbons (Fsp3) is 1.00. The summed E-state index contributed by atoms with van der Waals surface area (Å²) in [6.45, 7) is 8.50. The first-order valence-corrected chi connectivity index (χ1v) is 7.27. The highest BCUT2D eigenvalue weighted by Crippen LogP contribution is 2.07. The van der Waals surface area contributed by atoms with Crippen LogP contribution in [0.15, 0.2) is 0 Å². The molecule has 0 unspecified atom stereocenters. The van der Waals surface area contributed by atoms with Gasteiger partial charge in [-0.25, -0.2) is 0 Å². The topological polar surface area (TPSA) is 3.24 Å². The molecular formula is C7H19NSi. The standard InChI is InChI=1S/C7H19NSi/c1-8(2)6-7-9(3,4)5/h6-7H2,1-5H3. The summed E-state index contributed by atoms with van der Waals surface area (Å²) in [6.07, 6.45) is 0. The van der Waals surface area contributed by atoms with E-state index in [1.54, 1.807) is 0 Å². The third kappa shape index (κ3) is 8.18. The second-order valence-electron chi connectivity index (χ2n) is 4.11.